The van der Waals surface area contributed by atoms with Crippen molar-refractivity contribution in [3.05, 3.63) is 65.9 Å². The zero-order valence-corrected chi connectivity index (χ0v) is 22.1. The van der Waals surface area contributed by atoms with Crippen LogP contribution in [0.5, 0.6) is 0 Å². The van der Waals surface area contributed by atoms with Crippen molar-refractivity contribution >= 4 is 58.0 Å². The first-order valence-corrected chi connectivity index (χ1v) is 13.7. The number of carbonyl (C=O) groups excluding carboxylic acids is 4. The Kier molecular flexibility index (Phi) is 7.96. The van der Waals surface area contributed by atoms with Gasteiger partial charge in [0.15, 0.2) is 6.54 Å². The van der Waals surface area contributed by atoms with Crippen LogP contribution in [0.2, 0.25) is 0 Å². The molecule has 194 valence electrons. The molecule has 11 heteroatoms. The average Bonchev–Trinajstić information content (AvgIpc) is 2.84. The molecule has 3 amide bonds. The van der Waals surface area contributed by atoms with Crippen LogP contribution < -0.4 is 16.2 Å². The quantitative estimate of drug-likeness (QED) is 0.254. The molecule has 0 aromatic heterocycles. The van der Waals surface area contributed by atoms with Gasteiger partial charge in [-0.2, -0.15) is 0 Å². The topological polar surface area (TPSA) is 133 Å². The third kappa shape index (κ3) is 6.17. The van der Waals surface area contributed by atoms with E-state index in [1.807, 2.05) is 56.6 Å². The van der Waals surface area contributed by atoms with Crippen LogP contribution in [-0.2, 0) is 19.2 Å². The van der Waals surface area contributed by atoms with Gasteiger partial charge in [-0.25, -0.2) is 0 Å². The number of allylic oxidation sites excluding steroid dienone is 1. The van der Waals surface area contributed by atoms with Gasteiger partial charge >= 0.3 is 0 Å². The lowest BCUT2D eigenvalue weighted by atomic mass is 10.0. The molecule has 0 aliphatic carbocycles. The van der Waals surface area contributed by atoms with E-state index in [0.717, 1.165) is 15.7 Å². The number of nitrogens with one attached hydrogen (secondary N) is 1. The van der Waals surface area contributed by atoms with Gasteiger partial charge in [0.25, 0.3) is 11.8 Å². The fourth-order valence-corrected chi connectivity index (χ4v) is 6.42. The molecule has 3 N–H and O–H groups in total. The van der Waals surface area contributed by atoms with Gasteiger partial charge < -0.3 is 25.4 Å². The van der Waals surface area contributed by atoms with Crippen molar-refractivity contribution in [3.8, 4) is 0 Å². The molecule has 0 bridgehead atoms. The Hall–Kier alpha value is -3.28. The van der Waals surface area contributed by atoms with Crippen LogP contribution in [0.3, 0.4) is 0 Å². The second-order valence-electron chi connectivity index (χ2n) is 9.56. The van der Waals surface area contributed by atoms with Crippen LogP contribution >= 0.6 is 23.5 Å². The van der Waals surface area contributed by atoms with Crippen molar-refractivity contribution in [2.45, 2.75) is 16.3 Å². The predicted molar refractivity (Wildman–Crippen MR) is 142 cm³/mol. The maximum atomic E-state index is 12.9. The number of hydrogen-bond acceptors (Lipinski definition) is 7. The van der Waals surface area contributed by atoms with E-state index >= 15 is 0 Å². The summed E-state index contributed by atoms with van der Waals surface area (Å²) in [4.78, 5) is 50.7. The standard InChI is InChI=1S/C26H28N4O5S2/c1-30(2,13-20(27)31)11-5-8-18-14-37-25-22(24(33)29(25)23(18)26(34)35)28-21(32)15-36-19-10-9-16-6-3-4-7-17(16)12-19/h3-10,12,22,25H,11,13-15H2,1-2H3,(H3-,27,28,31,32,34,35)/b8-5+/t22-,25-/m1/s1. The Morgan fingerprint density at radius 2 is 1.95 bits per heavy atom. The number of benzene rings is 2. The molecular weight excluding hydrogens is 512 g/mol. The van der Waals surface area contributed by atoms with E-state index in [4.69, 9.17) is 5.73 Å². The summed E-state index contributed by atoms with van der Waals surface area (Å²) >= 11 is 2.76. The molecule has 2 atom stereocenters. The fraction of sp³-hybridized carbons (Fsp3) is 0.308. The van der Waals surface area contributed by atoms with Gasteiger partial charge in [-0.15, -0.1) is 23.5 Å². The number of amides is 3. The summed E-state index contributed by atoms with van der Waals surface area (Å²) in [5, 5.41) is 16.4. The highest BCUT2D eigenvalue weighted by Crippen LogP contribution is 2.40. The number of β-lactam (4-membered cyclic amide) rings is 1. The largest absolute Gasteiger partial charge is 0.543 e. The van der Waals surface area contributed by atoms with Crippen molar-refractivity contribution < 1.29 is 28.8 Å². The minimum atomic E-state index is -1.44. The van der Waals surface area contributed by atoms with Gasteiger partial charge in [-0.05, 0) is 34.6 Å². The minimum Gasteiger partial charge on any atom is -0.543 e. The van der Waals surface area contributed by atoms with Gasteiger partial charge in [0, 0.05) is 10.6 Å². The van der Waals surface area contributed by atoms with Gasteiger partial charge in [0.2, 0.25) is 5.91 Å². The molecule has 2 aromatic rings. The van der Waals surface area contributed by atoms with E-state index in [-0.39, 0.29) is 23.9 Å². The monoisotopic (exact) mass is 540 g/mol. The first kappa shape index (κ1) is 26.8. The molecule has 2 aliphatic heterocycles. The smallest absolute Gasteiger partial charge is 0.272 e. The number of quaternary nitrogens is 1. The van der Waals surface area contributed by atoms with Crippen LogP contribution in [0.25, 0.3) is 10.8 Å². The number of carboxylic acids is 1. The maximum Gasteiger partial charge on any atom is 0.272 e. The van der Waals surface area contributed by atoms with Crippen LogP contribution in [0.15, 0.2) is 70.8 Å². The molecule has 37 heavy (non-hydrogen) atoms. The van der Waals surface area contributed by atoms with Crippen molar-refractivity contribution in [3.63, 3.8) is 0 Å². The normalized spacial score (nSPS) is 19.6. The highest BCUT2D eigenvalue weighted by Gasteiger charge is 2.52. The van der Waals surface area contributed by atoms with E-state index < -0.39 is 29.2 Å². The third-order valence-corrected chi connectivity index (χ3v) is 8.40. The van der Waals surface area contributed by atoms with Gasteiger partial charge in [0.1, 0.15) is 11.4 Å². The van der Waals surface area contributed by atoms with Crippen molar-refractivity contribution in [1.29, 1.82) is 0 Å². The van der Waals surface area contributed by atoms with Gasteiger partial charge in [-0.3, -0.25) is 19.3 Å². The molecule has 0 spiro atoms. The maximum absolute atomic E-state index is 12.9. The van der Waals surface area contributed by atoms with E-state index in [0.29, 0.717) is 22.4 Å². The number of carbonyl (C=O) groups is 4. The Labute approximate surface area is 223 Å². The minimum absolute atomic E-state index is 0.135. The molecule has 2 aliphatic rings. The fourth-order valence-electron chi connectivity index (χ4n) is 4.35. The molecule has 1 fully saturated rings. The number of aliphatic carboxylic acids is 1. The molecule has 9 nitrogen and oxygen atoms in total. The summed E-state index contributed by atoms with van der Waals surface area (Å²) in [5.74, 6) is -2.17. The molecule has 4 rings (SSSR count). The second-order valence-corrected chi connectivity index (χ2v) is 11.7. The first-order valence-electron chi connectivity index (χ1n) is 11.6. The Bertz CT molecular complexity index is 1320. The predicted octanol–water partition coefficient (Wildman–Crippen LogP) is 0.454. The van der Waals surface area contributed by atoms with Crippen molar-refractivity contribution in [2.75, 3.05) is 38.7 Å². The molecule has 2 aromatic carbocycles. The van der Waals surface area contributed by atoms with Crippen LogP contribution in [0.4, 0.5) is 0 Å². The molecule has 2 heterocycles. The molecule has 0 saturated carbocycles. The van der Waals surface area contributed by atoms with E-state index in [9.17, 15) is 24.3 Å². The zero-order chi connectivity index (χ0) is 26.7. The number of nitrogens with zero attached hydrogens (tertiary/aromatic N) is 2. The van der Waals surface area contributed by atoms with E-state index in [1.54, 1.807) is 12.2 Å². The van der Waals surface area contributed by atoms with E-state index in [2.05, 4.69) is 5.32 Å². The SMILES string of the molecule is C[N+](C)(C/C=C/C1=C(C(=O)[O-])N2C(=O)[C@@H](NC(=O)CSc3ccc4ccccc4c3)[C@H]2SC1)CC(N)=O. The number of thioether (sulfide) groups is 2. The summed E-state index contributed by atoms with van der Waals surface area (Å²) < 4.78 is 0.309. The molecule has 0 unspecified atom stereocenters. The van der Waals surface area contributed by atoms with Gasteiger partial charge in [0.05, 0.1) is 38.1 Å². The summed E-state index contributed by atoms with van der Waals surface area (Å²) in [6.45, 7) is 0.584. The highest BCUT2D eigenvalue weighted by atomic mass is 32.2. The van der Waals surface area contributed by atoms with E-state index in [1.165, 1.54) is 28.4 Å². The number of nitrogens with two attached hydrogens (primary N) is 1. The Morgan fingerprint density at radius 1 is 1.22 bits per heavy atom. The second kappa shape index (κ2) is 11.0. The number of fused-ring (bicyclic) bond motifs is 2. The molecular formula is C26H28N4O5S2. The summed E-state index contributed by atoms with van der Waals surface area (Å²) in [5.41, 5.74) is 5.54. The average molecular weight is 541 g/mol. The number of primary amides is 1. The number of hydrogen-bond donors (Lipinski definition) is 2. The van der Waals surface area contributed by atoms with Crippen molar-refractivity contribution in [2.24, 2.45) is 5.73 Å². The third-order valence-electron chi connectivity index (χ3n) is 6.10. The lowest BCUT2D eigenvalue weighted by Crippen LogP contribution is -2.71. The summed E-state index contributed by atoms with van der Waals surface area (Å²) in [7, 11) is 3.67. The number of carboxylic acid groups (broad SMARTS) is 1. The van der Waals surface area contributed by atoms with Crippen molar-refractivity contribution in [1.82, 2.24) is 10.2 Å². The first-order chi connectivity index (χ1) is 17.6. The lowest BCUT2D eigenvalue weighted by molar-refractivity contribution is -0.876. The van der Waals surface area contributed by atoms with Crippen LogP contribution in [0, 0.1) is 0 Å². The molecule has 0 radical (unpaired) electrons. The zero-order valence-electron chi connectivity index (χ0n) is 20.5. The van der Waals surface area contributed by atoms with Crippen LogP contribution in [-0.4, -0.2) is 83.2 Å². The molecule has 1 saturated heterocycles. The van der Waals surface area contributed by atoms with Gasteiger partial charge in [-0.1, -0.05) is 36.4 Å². The highest BCUT2D eigenvalue weighted by molar-refractivity contribution is 8.00. The van der Waals surface area contributed by atoms with Crippen LogP contribution in [0.1, 0.15) is 0 Å². The lowest BCUT2D eigenvalue weighted by Gasteiger charge is -2.50. The Morgan fingerprint density at radius 3 is 2.65 bits per heavy atom. The summed E-state index contributed by atoms with van der Waals surface area (Å²) in [6.07, 6.45) is 3.41. The number of likely N-dealkylation sites (N-methyl/N-ethyl adjacent to an activating group) is 1. The summed E-state index contributed by atoms with van der Waals surface area (Å²) in [6, 6.07) is 13.1. The Balaban J connectivity index is 1.37. The number of rotatable bonds is 10.